The van der Waals surface area contributed by atoms with Crippen LogP contribution in [0.15, 0.2) is 103 Å². The molecular weight excluding hydrogens is 416 g/mol. The maximum absolute atomic E-state index is 6.31. The Balaban J connectivity index is 1.32. The van der Waals surface area contributed by atoms with E-state index in [-0.39, 0.29) is 12.2 Å². The first kappa shape index (κ1) is 22.0. The van der Waals surface area contributed by atoms with E-state index in [1.807, 2.05) is 91.0 Å². The first-order chi connectivity index (χ1) is 16.3. The Hall–Kier alpha value is -2.80. The monoisotopic (exact) mass is 444 g/mol. The summed E-state index contributed by atoms with van der Waals surface area (Å²) in [6, 6.07) is 30.0. The molecule has 0 aliphatic carbocycles. The highest BCUT2D eigenvalue weighted by molar-refractivity contribution is 5.21. The van der Waals surface area contributed by atoms with E-state index >= 15 is 0 Å². The lowest BCUT2D eigenvalue weighted by Gasteiger charge is -2.46. The summed E-state index contributed by atoms with van der Waals surface area (Å²) >= 11 is 0. The number of benzene rings is 3. The number of ether oxygens (including phenoxy) is 5. The molecule has 5 atom stereocenters. The summed E-state index contributed by atoms with van der Waals surface area (Å²) in [6.45, 7) is 5.59. The van der Waals surface area contributed by atoms with Crippen LogP contribution in [-0.4, -0.2) is 31.2 Å². The molecule has 5 heteroatoms. The molecule has 5 nitrogen and oxygen atoms in total. The zero-order valence-electron chi connectivity index (χ0n) is 18.4. The normalized spacial score (nSPS) is 27.2. The molecule has 33 heavy (non-hydrogen) atoms. The van der Waals surface area contributed by atoms with Gasteiger partial charge in [0.25, 0.3) is 0 Å². The summed E-state index contributed by atoms with van der Waals surface area (Å²) in [5, 5.41) is 0. The van der Waals surface area contributed by atoms with Crippen LogP contribution in [0, 0.1) is 0 Å². The van der Waals surface area contributed by atoms with Crippen molar-refractivity contribution in [2.24, 2.45) is 0 Å². The van der Waals surface area contributed by atoms with E-state index in [1.165, 1.54) is 0 Å². The van der Waals surface area contributed by atoms with Gasteiger partial charge in [-0.15, -0.1) is 0 Å². The van der Waals surface area contributed by atoms with Crippen LogP contribution in [0.25, 0.3) is 0 Å². The van der Waals surface area contributed by atoms with Gasteiger partial charge in [0.05, 0.1) is 19.8 Å². The molecule has 170 valence electrons. The molecule has 3 unspecified atom stereocenters. The predicted molar refractivity (Wildman–Crippen MR) is 124 cm³/mol. The molecule has 0 N–H and O–H groups in total. The molecule has 0 spiro atoms. The Kier molecular flexibility index (Phi) is 6.95. The van der Waals surface area contributed by atoms with Crippen molar-refractivity contribution < 1.29 is 23.7 Å². The smallest absolute Gasteiger partial charge is 0.188 e. The zero-order chi connectivity index (χ0) is 22.5. The molecular formula is C28H28O5. The van der Waals surface area contributed by atoms with E-state index in [4.69, 9.17) is 23.7 Å². The van der Waals surface area contributed by atoms with Crippen molar-refractivity contribution >= 4 is 0 Å². The molecule has 2 aliphatic heterocycles. The molecule has 3 aromatic carbocycles. The summed E-state index contributed by atoms with van der Waals surface area (Å²) in [5.41, 5.74) is 3.91. The Morgan fingerprint density at radius 3 is 1.94 bits per heavy atom. The molecule has 2 fully saturated rings. The summed E-state index contributed by atoms with van der Waals surface area (Å²) < 4.78 is 31.1. The fourth-order valence-electron chi connectivity index (χ4n) is 4.16. The summed E-state index contributed by atoms with van der Waals surface area (Å²) in [7, 11) is 0. The lowest BCUT2D eigenvalue weighted by molar-refractivity contribution is -0.324. The zero-order valence-corrected chi connectivity index (χ0v) is 18.4. The van der Waals surface area contributed by atoms with Gasteiger partial charge in [-0.2, -0.15) is 0 Å². The van der Waals surface area contributed by atoms with Crippen molar-refractivity contribution in [3.05, 3.63) is 120 Å². The Bertz CT molecular complexity index is 1020. The van der Waals surface area contributed by atoms with E-state index in [0.29, 0.717) is 19.8 Å². The van der Waals surface area contributed by atoms with E-state index in [1.54, 1.807) is 0 Å². The lowest BCUT2D eigenvalue weighted by Crippen LogP contribution is -2.55. The van der Waals surface area contributed by atoms with Gasteiger partial charge >= 0.3 is 0 Å². The standard InChI is InChI=1S/C28H28O5/c1-20-25-24(19-31-27(33-25)23-15-9-4-10-16-23)32-28(30-18-22-13-7-3-8-14-22)26(20)29-17-21-11-5-2-6-12-21/h2-16,24-28H,1,17-19H2/t24?,25-,26?,27?,28-/m0/s1. The lowest BCUT2D eigenvalue weighted by atomic mass is 9.95. The maximum atomic E-state index is 6.31. The number of hydrogen-bond acceptors (Lipinski definition) is 5. The van der Waals surface area contributed by atoms with Gasteiger partial charge in [-0.05, 0) is 16.7 Å². The van der Waals surface area contributed by atoms with Gasteiger partial charge in [-0.25, -0.2) is 0 Å². The van der Waals surface area contributed by atoms with Gasteiger partial charge in [0, 0.05) is 5.56 Å². The second kappa shape index (κ2) is 10.4. The first-order valence-corrected chi connectivity index (χ1v) is 11.2. The highest BCUT2D eigenvalue weighted by atomic mass is 16.8. The quantitative estimate of drug-likeness (QED) is 0.470. The highest BCUT2D eigenvalue weighted by Crippen LogP contribution is 2.37. The SMILES string of the molecule is C=C1C(OCc2ccccc2)[C@@H](OCc2ccccc2)OC2COC(c3ccccc3)O[C@@H]12. The Labute approximate surface area is 194 Å². The topological polar surface area (TPSA) is 46.2 Å². The van der Waals surface area contributed by atoms with Gasteiger partial charge < -0.3 is 23.7 Å². The summed E-state index contributed by atoms with van der Waals surface area (Å²) in [6.07, 6.45) is -2.20. The van der Waals surface area contributed by atoms with Crippen LogP contribution in [0.2, 0.25) is 0 Å². The molecule has 3 aromatic rings. The minimum absolute atomic E-state index is 0.310. The number of rotatable bonds is 7. The second-order valence-electron chi connectivity index (χ2n) is 8.26. The third-order valence-electron chi connectivity index (χ3n) is 5.91. The average molecular weight is 445 g/mol. The van der Waals surface area contributed by atoms with Gasteiger partial charge in [0.15, 0.2) is 12.6 Å². The van der Waals surface area contributed by atoms with Gasteiger partial charge in [0.2, 0.25) is 0 Å². The molecule has 2 saturated heterocycles. The van der Waals surface area contributed by atoms with Crippen LogP contribution < -0.4 is 0 Å². The second-order valence-corrected chi connectivity index (χ2v) is 8.26. The molecule has 0 amide bonds. The van der Waals surface area contributed by atoms with E-state index < -0.39 is 18.7 Å². The summed E-state index contributed by atoms with van der Waals surface area (Å²) in [4.78, 5) is 0. The van der Waals surface area contributed by atoms with Crippen molar-refractivity contribution in [3.63, 3.8) is 0 Å². The van der Waals surface area contributed by atoms with Crippen molar-refractivity contribution in [3.8, 4) is 0 Å². The molecule has 0 saturated carbocycles. The highest BCUT2D eigenvalue weighted by Gasteiger charge is 2.46. The Morgan fingerprint density at radius 1 is 0.727 bits per heavy atom. The van der Waals surface area contributed by atoms with E-state index in [9.17, 15) is 0 Å². The van der Waals surface area contributed by atoms with Gasteiger partial charge in [-0.3, -0.25) is 0 Å². The van der Waals surface area contributed by atoms with Gasteiger partial charge in [-0.1, -0.05) is 97.6 Å². The molecule has 5 rings (SSSR count). The van der Waals surface area contributed by atoms with Crippen molar-refractivity contribution in [1.82, 2.24) is 0 Å². The van der Waals surface area contributed by atoms with Crippen LogP contribution in [0.5, 0.6) is 0 Å². The van der Waals surface area contributed by atoms with Crippen molar-refractivity contribution in [1.29, 1.82) is 0 Å². The predicted octanol–water partition coefficient (Wildman–Crippen LogP) is 5.18. The third kappa shape index (κ3) is 5.24. The number of fused-ring (bicyclic) bond motifs is 1. The third-order valence-corrected chi connectivity index (χ3v) is 5.91. The number of hydrogen-bond donors (Lipinski definition) is 0. The van der Waals surface area contributed by atoms with Crippen LogP contribution in [0.4, 0.5) is 0 Å². The summed E-state index contributed by atoms with van der Waals surface area (Å²) in [5.74, 6) is 0. The van der Waals surface area contributed by atoms with Crippen LogP contribution in [-0.2, 0) is 36.9 Å². The largest absolute Gasteiger partial charge is 0.364 e. The minimum atomic E-state index is -0.608. The Morgan fingerprint density at radius 2 is 1.30 bits per heavy atom. The van der Waals surface area contributed by atoms with Crippen molar-refractivity contribution in [2.45, 2.75) is 44.1 Å². The molecule has 0 radical (unpaired) electrons. The maximum Gasteiger partial charge on any atom is 0.188 e. The molecule has 2 heterocycles. The van der Waals surface area contributed by atoms with E-state index in [2.05, 4.69) is 6.58 Å². The van der Waals surface area contributed by atoms with Gasteiger partial charge in [0.1, 0.15) is 18.3 Å². The van der Waals surface area contributed by atoms with Crippen LogP contribution in [0.3, 0.4) is 0 Å². The molecule has 0 aromatic heterocycles. The average Bonchev–Trinajstić information content (AvgIpc) is 2.88. The molecule has 2 aliphatic rings. The fourth-order valence-corrected chi connectivity index (χ4v) is 4.16. The molecule has 0 bridgehead atoms. The van der Waals surface area contributed by atoms with E-state index in [0.717, 1.165) is 22.3 Å². The van der Waals surface area contributed by atoms with Crippen LogP contribution >= 0.6 is 0 Å². The van der Waals surface area contributed by atoms with Crippen molar-refractivity contribution in [2.75, 3.05) is 6.61 Å². The minimum Gasteiger partial charge on any atom is -0.364 e. The van der Waals surface area contributed by atoms with Crippen LogP contribution in [0.1, 0.15) is 23.0 Å². The first-order valence-electron chi connectivity index (χ1n) is 11.2. The fraction of sp³-hybridized carbons (Fsp3) is 0.286.